The maximum Gasteiger partial charge on any atom is 0.255 e. The summed E-state index contributed by atoms with van der Waals surface area (Å²) in [5.41, 5.74) is 3.92. The monoisotopic (exact) mass is 376 g/mol. The third kappa shape index (κ3) is 3.63. The predicted octanol–water partition coefficient (Wildman–Crippen LogP) is 3.52. The number of hydrogen-bond acceptors (Lipinski definition) is 4. The van der Waals surface area contributed by atoms with E-state index in [1.807, 2.05) is 36.4 Å². The molecule has 0 spiro atoms. The molecule has 134 valence electrons. The van der Waals surface area contributed by atoms with Crippen LogP contribution in [-0.2, 0) is 19.5 Å². The highest BCUT2D eigenvalue weighted by Crippen LogP contribution is 2.22. The van der Waals surface area contributed by atoms with Gasteiger partial charge in [0.2, 0.25) is 0 Å². The van der Waals surface area contributed by atoms with E-state index in [2.05, 4.69) is 20.9 Å². The number of halogens is 1. The van der Waals surface area contributed by atoms with Crippen LogP contribution >= 0.6 is 11.6 Å². The summed E-state index contributed by atoms with van der Waals surface area (Å²) in [6.45, 7) is 1.96. The van der Waals surface area contributed by atoms with Crippen LogP contribution in [0.3, 0.4) is 0 Å². The lowest BCUT2D eigenvalue weighted by molar-refractivity contribution is 0.241. The zero-order chi connectivity index (χ0) is 18.8. The molecular formula is C21H17ClN4O. The van der Waals surface area contributed by atoms with E-state index in [1.165, 1.54) is 0 Å². The quantitative estimate of drug-likeness (QED) is 0.759. The summed E-state index contributed by atoms with van der Waals surface area (Å²) in [6.07, 6.45) is 0.703. The van der Waals surface area contributed by atoms with Crippen LogP contribution in [0, 0.1) is 11.3 Å². The van der Waals surface area contributed by atoms with Crippen LogP contribution < -0.4 is 5.56 Å². The fourth-order valence-electron chi connectivity index (χ4n) is 3.37. The van der Waals surface area contributed by atoms with Gasteiger partial charge >= 0.3 is 0 Å². The van der Waals surface area contributed by atoms with Crippen molar-refractivity contribution in [1.82, 2.24) is 14.9 Å². The van der Waals surface area contributed by atoms with Crippen LogP contribution in [0.2, 0.25) is 5.02 Å². The number of fused-ring (bicyclic) bond motifs is 1. The maximum atomic E-state index is 12.6. The van der Waals surface area contributed by atoms with Crippen LogP contribution in [0.4, 0.5) is 0 Å². The SMILES string of the molecule is N#Cc1ccccc1CN1CCc2nc(-c3ccc(Cl)cc3)[nH]c(=O)c2C1. The first-order chi connectivity index (χ1) is 13.1. The highest BCUT2D eigenvalue weighted by molar-refractivity contribution is 6.30. The number of aromatic amines is 1. The Morgan fingerprint density at radius 1 is 1.19 bits per heavy atom. The van der Waals surface area contributed by atoms with E-state index >= 15 is 0 Å². The molecule has 1 aliphatic heterocycles. The van der Waals surface area contributed by atoms with Crippen molar-refractivity contribution in [2.45, 2.75) is 19.5 Å². The fraction of sp³-hybridized carbons (Fsp3) is 0.190. The second kappa shape index (κ2) is 7.36. The van der Waals surface area contributed by atoms with Crippen molar-refractivity contribution in [3.8, 4) is 17.5 Å². The molecule has 1 aromatic heterocycles. The average molecular weight is 377 g/mol. The van der Waals surface area contributed by atoms with Gasteiger partial charge in [-0.15, -0.1) is 0 Å². The van der Waals surface area contributed by atoms with Crippen LogP contribution in [0.1, 0.15) is 22.4 Å². The number of nitrogens with zero attached hydrogens (tertiary/aromatic N) is 3. The fourth-order valence-corrected chi connectivity index (χ4v) is 3.49. The minimum absolute atomic E-state index is 0.108. The largest absolute Gasteiger partial charge is 0.306 e. The van der Waals surface area contributed by atoms with Crippen LogP contribution in [0.25, 0.3) is 11.4 Å². The Hall–Kier alpha value is -2.94. The van der Waals surface area contributed by atoms with Crippen molar-refractivity contribution in [3.63, 3.8) is 0 Å². The number of hydrogen-bond donors (Lipinski definition) is 1. The zero-order valence-electron chi connectivity index (χ0n) is 14.6. The van der Waals surface area contributed by atoms with Gasteiger partial charge in [0.1, 0.15) is 5.82 Å². The van der Waals surface area contributed by atoms with Gasteiger partial charge in [-0.2, -0.15) is 5.26 Å². The molecule has 0 unspecified atom stereocenters. The van der Waals surface area contributed by atoms with Crippen molar-refractivity contribution in [2.75, 3.05) is 6.54 Å². The van der Waals surface area contributed by atoms with E-state index < -0.39 is 0 Å². The minimum Gasteiger partial charge on any atom is -0.306 e. The maximum absolute atomic E-state index is 12.6. The standard InChI is InChI=1S/C21H17ClN4O/c22-17-7-5-14(6-8-17)20-24-19-9-10-26(13-18(19)21(27)25-20)12-16-4-2-1-3-15(16)11-23/h1-8H,9-10,12-13H2,(H,24,25,27). The zero-order valence-corrected chi connectivity index (χ0v) is 15.3. The summed E-state index contributed by atoms with van der Waals surface area (Å²) in [4.78, 5) is 22.4. The van der Waals surface area contributed by atoms with Crippen molar-refractivity contribution >= 4 is 11.6 Å². The second-order valence-electron chi connectivity index (χ2n) is 6.58. The lowest BCUT2D eigenvalue weighted by atomic mass is 10.0. The highest BCUT2D eigenvalue weighted by Gasteiger charge is 2.22. The van der Waals surface area contributed by atoms with Gasteiger partial charge in [0.05, 0.1) is 22.9 Å². The molecule has 0 radical (unpaired) electrons. The topological polar surface area (TPSA) is 72.8 Å². The Labute approximate surface area is 161 Å². The van der Waals surface area contributed by atoms with Gasteiger partial charge in [0.15, 0.2) is 0 Å². The molecule has 5 nitrogen and oxygen atoms in total. The van der Waals surface area contributed by atoms with Gasteiger partial charge in [-0.05, 0) is 35.9 Å². The average Bonchev–Trinajstić information content (AvgIpc) is 2.69. The predicted molar refractivity (Wildman–Crippen MR) is 104 cm³/mol. The van der Waals surface area contributed by atoms with Crippen molar-refractivity contribution in [1.29, 1.82) is 5.26 Å². The van der Waals surface area contributed by atoms with Crippen molar-refractivity contribution in [2.24, 2.45) is 0 Å². The number of nitriles is 1. The third-order valence-corrected chi connectivity index (χ3v) is 5.05. The van der Waals surface area contributed by atoms with Gasteiger partial charge in [0.25, 0.3) is 5.56 Å². The summed E-state index contributed by atoms with van der Waals surface area (Å²) in [5.74, 6) is 0.568. The van der Waals surface area contributed by atoms with E-state index in [1.54, 1.807) is 12.1 Å². The molecule has 0 bridgehead atoms. The molecule has 4 rings (SSSR count). The molecule has 1 N–H and O–H groups in total. The van der Waals surface area contributed by atoms with Crippen LogP contribution in [-0.4, -0.2) is 21.4 Å². The first-order valence-corrected chi connectivity index (χ1v) is 9.10. The smallest absolute Gasteiger partial charge is 0.255 e. The summed E-state index contributed by atoms with van der Waals surface area (Å²) < 4.78 is 0. The Morgan fingerprint density at radius 2 is 1.96 bits per heavy atom. The Balaban J connectivity index is 1.59. The van der Waals surface area contributed by atoms with Crippen molar-refractivity contribution < 1.29 is 0 Å². The highest BCUT2D eigenvalue weighted by atomic mass is 35.5. The second-order valence-corrected chi connectivity index (χ2v) is 7.01. The molecule has 0 saturated carbocycles. The number of aromatic nitrogens is 2. The molecule has 0 atom stereocenters. The van der Waals surface area contributed by atoms with E-state index in [9.17, 15) is 10.1 Å². The lowest BCUT2D eigenvalue weighted by Gasteiger charge is -2.28. The number of nitrogens with one attached hydrogen (secondary N) is 1. The molecule has 3 aromatic rings. The first-order valence-electron chi connectivity index (χ1n) is 8.72. The summed E-state index contributed by atoms with van der Waals surface area (Å²) in [6, 6.07) is 17.1. The number of rotatable bonds is 3. The van der Waals surface area contributed by atoms with Gasteiger partial charge in [-0.3, -0.25) is 9.69 Å². The molecule has 27 heavy (non-hydrogen) atoms. The number of benzene rings is 2. The van der Waals surface area contributed by atoms with Crippen molar-refractivity contribution in [3.05, 3.63) is 86.3 Å². The van der Waals surface area contributed by atoms with E-state index in [0.717, 1.165) is 23.4 Å². The Morgan fingerprint density at radius 3 is 2.74 bits per heavy atom. The van der Waals surface area contributed by atoms with E-state index in [-0.39, 0.29) is 5.56 Å². The van der Waals surface area contributed by atoms with Gasteiger partial charge in [0, 0.05) is 36.6 Å². The summed E-state index contributed by atoms with van der Waals surface area (Å²) in [7, 11) is 0. The molecule has 2 aromatic carbocycles. The molecule has 0 aliphatic carbocycles. The minimum atomic E-state index is -0.108. The molecular weight excluding hydrogens is 360 g/mol. The van der Waals surface area contributed by atoms with Crippen LogP contribution in [0.15, 0.2) is 53.3 Å². The molecule has 1 aliphatic rings. The van der Waals surface area contributed by atoms with E-state index in [4.69, 9.17) is 11.6 Å². The molecule has 6 heteroatoms. The molecule has 0 fully saturated rings. The van der Waals surface area contributed by atoms with Gasteiger partial charge < -0.3 is 4.98 Å². The normalized spacial score (nSPS) is 13.8. The van der Waals surface area contributed by atoms with Gasteiger partial charge in [-0.25, -0.2) is 4.98 Å². The molecule has 2 heterocycles. The Kier molecular flexibility index (Phi) is 4.76. The summed E-state index contributed by atoms with van der Waals surface area (Å²) >= 11 is 5.93. The van der Waals surface area contributed by atoms with Crippen LogP contribution in [0.5, 0.6) is 0 Å². The molecule has 0 saturated heterocycles. The number of H-pyrrole nitrogens is 1. The molecule has 0 amide bonds. The van der Waals surface area contributed by atoms with E-state index in [0.29, 0.717) is 41.5 Å². The summed E-state index contributed by atoms with van der Waals surface area (Å²) in [5, 5.41) is 9.91. The lowest BCUT2D eigenvalue weighted by Crippen LogP contribution is -2.35. The van der Waals surface area contributed by atoms with Gasteiger partial charge in [-0.1, -0.05) is 29.8 Å². The first kappa shape index (κ1) is 17.5. The third-order valence-electron chi connectivity index (χ3n) is 4.80. The Bertz CT molecular complexity index is 1080.